The van der Waals surface area contributed by atoms with E-state index in [1.165, 1.54) is 36.5 Å². The number of ether oxygens (including phenoxy) is 2. The molecule has 3 rings (SSSR count). The number of aromatic nitrogens is 1. The highest BCUT2D eigenvalue weighted by Gasteiger charge is 2.35. The van der Waals surface area contributed by atoms with Gasteiger partial charge < -0.3 is 14.8 Å². The van der Waals surface area contributed by atoms with E-state index in [0.717, 1.165) is 6.07 Å². The number of carbonyl (C=O) groups is 2. The molecule has 0 aliphatic heterocycles. The summed E-state index contributed by atoms with van der Waals surface area (Å²) in [6.07, 6.45) is -4.90. The van der Waals surface area contributed by atoms with E-state index in [4.69, 9.17) is 21.1 Å². The van der Waals surface area contributed by atoms with E-state index in [1.54, 1.807) is 25.1 Å². The standard InChI is InChI=1S/C23H18ClF3N2O4/c1-2-32-21-16(9-6-12-28-21)22(31)33-19(14-7-4-3-5-8-14)20(30)29-18-11-10-15(24)13-17(18)23(25,26)27/h3-13,19H,2H2,1H3,(H,29,30)/t19-/m0/s1. The third-order valence-corrected chi connectivity index (χ3v) is 4.62. The Balaban J connectivity index is 1.93. The molecule has 172 valence electrons. The molecule has 1 aromatic heterocycles. The molecule has 1 amide bonds. The average molecular weight is 479 g/mol. The first-order valence-electron chi connectivity index (χ1n) is 9.72. The van der Waals surface area contributed by atoms with Gasteiger partial charge in [-0.3, -0.25) is 4.79 Å². The Morgan fingerprint density at radius 1 is 1.09 bits per heavy atom. The van der Waals surface area contributed by atoms with Crippen LogP contribution in [0.1, 0.15) is 34.5 Å². The first-order valence-corrected chi connectivity index (χ1v) is 10.1. The van der Waals surface area contributed by atoms with Gasteiger partial charge in [0, 0.05) is 16.8 Å². The van der Waals surface area contributed by atoms with Gasteiger partial charge in [-0.05, 0) is 37.3 Å². The number of alkyl halides is 3. The molecule has 6 nitrogen and oxygen atoms in total. The van der Waals surface area contributed by atoms with E-state index in [-0.39, 0.29) is 28.6 Å². The molecule has 0 saturated heterocycles. The Bertz CT molecular complexity index is 1140. The van der Waals surface area contributed by atoms with Crippen LogP contribution >= 0.6 is 11.6 Å². The van der Waals surface area contributed by atoms with Crippen molar-refractivity contribution in [3.8, 4) is 5.88 Å². The lowest BCUT2D eigenvalue weighted by Gasteiger charge is -2.20. The first kappa shape index (κ1) is 24.1. The highest BCUT2D eigenvalue weighted by Crippen LogP contribution is 2.37. The molecular formula is C23H18ClF3N2O4. The summed E-state index contributed by atoms with van der Waals surface area (Å²) in [6, 6.07) is 13.7. The monoisotopic (exact) mass is 478 g/mol. The maximum absolute atomic E-state index is 13.4. The van der Waals surface area contributed by atoms with Crippen molar-refractivity contribution in [2.24, 2.45) is 0 Å². The van der Waals surface area contributed by atoms with Gasteiger partial charge in [0.25, 0.3) is 5.91 Å². The Morgan fingerprint density at radius 3 is 2.48 bits per heavy atom. The van der Waals surface area contributed by atoms with Crippen LogP contribution in [0.2, 0.25) is 5.02 Å². The number of anilines is 1. The molecule has 1 N–H and O–H groups in total. The molecule has 3 aromatic rings. The van der Waals surface area contributed by atoms with Crippen LogP contribution in [0.25, 0.3) is 0 Å². The molecule has 0 fully saturated rings. The third-order valence-electron chi connectivity index (χ3n) is 4.38. The Hall–Kier alpha value is -3.59. The second kappa shape index (κ2) is 10.4. The highest BCUT2D eigenvalue weighted by atomic mass is 35.5. The summed E-state index contributed by atoms with van der Waals surface area (Å²) in [6.45, 7) is 1.94. The van der Waals surface area contributed by atoms with Crippen LogP contribution in [0, 0.1) is 0 Å². The van der Waals surface area contributed by atoms with Crippen LogP contribution in [0.5, 0.6) is 5.88 Å². The van der Waals surface area contributed by atoms with Crippen molar-refractivity contribution in [3.05, 3.63) is 88.6 Å². The van der Waals surface area contributed by atoms with Gasteiger partial charge in [0.2, 0.25) is 12.0 Å². The van der Waals surface area contributed by atoms with Crippen LogP contribution in [0.4, 0.5) is 18.9 Å². The number of pyridine rings is 1. The fourth-order valence-electron chi connectivity index (χ4n) is 2.93. The van der Waals surface area contributed by atoms with Crippen LogP contribution in [0.3, 0.4) is 0 Å². The van der Waals surface area contributed by atoms with Gasteiger partial charge >= 0.3 is 12.1 Å². The number of benzene rings is 2. The van der Waals surface area contributed by atoms with Crippen molar-refractivity contribution in [1.29, 1.82) is 0 Å². The Morgan fingerprint density at radius 2 is 1.82 bits per heavy atom. The number of esters is 1. The van der Waals surface area contributed by atoms with E-state index in [1.807, 2.05) is 0 Å². The van der Waals surface area contributed by atoms with E-state index in [2.05, 4.69) is 10.3 Å². The van der Waals surface area contributed by atoms with Crippen molar-refractivity contribution in [1.82, 2.24) is 4.98 Å². The second-order valence-electron chi connectivity index (χ2n) is 6.66. The summed E-state index contributed by atoms with van der Waals surface area (Å²) in [4.78, 5) is 29.8. The normalized spacial score (nSPS) is 12.0. The molecule has 0 unspecified atom stereocenters. The lowest BCUT2D eigenvalue weighted by Crippen LogP contribution is -2.27. The van der Waals surface area contributed by atoms with Gasteiger partial charge in [-0.25, -0.2) is 9.78 Å². The number of nitrogens with zero attached hydrogens (tertiary/aromatic N) is 1. The molecule has 0 aliphatic rings. The summed E-state index contributed by atoms with van der Waals surface area (Å²) in [5.41, 5.74) is -1.43. The summed E-state index contributed by atoms with van der Waals surface area (Å²) in [5.74, 6) is -1.90. The molecule has 0 aliphatic carbocycles. The summed E-state index contributed by atoms with van der Waals surface area (Å²) in [7, 11) is 0. The first-order chi connectivity index (χ1) is 15.7. The lowest BCUT2D eigenvalue weighted by atomic mass is 10.1. The van der Waals surface area contributed by atoms with E-state index in [0.29, 0.717) is 6.07 Å². The molecule has 2 aromatic carbocycles. The number of nitrogens with one attached hydrogen (secondary N) is 1. The van der Waals surface area contributed by atoms with Gasteiger partial charge in [0.15, 0.2) is 0 Å². The van der Waals surface area contributed by atoms with Crippen molar-refractivity contribution >= 4 is 29.2 Å². The molecule has 0 radical (unpaired) electrons. The second-order valence-corrected chi connectivity index (χ2v) is 7.10. The third kappa shape index (κ3) is 6.01. The maximum Gasteiger partial charge on any atom is 0.418 e. The molecule has 10 heteroatoms. The smallest absolute Gasteiger partial charge is 0.418 e. The van der Waals surface area contributed by atoms with Crippen LogP contribution in [-0.4, -0.2) is 23.5 Å². The molecule has 0 saturated carbocycles. The van der Waals surface area contributed by atoms with Gasteiger partial charge in [-0.15, -0.1) is 0 Å². The number of hydrogen-bond donors (Lipinski definition) is 1. The fraction of sp³-hybridized carbons (Fsp3) is 0.174. The zero-order valence-corrected chi connectivity index (χ0v) is 18.0. The number of carbonyl (C=O) groups excluding carboxylic acids is 2. The SMILES string of the molecule is CCOc1ncccc1C(=O)O[C@H](C(=O)Nc1ccc(Cl)cc1C(F)(F)F)c1ccccc1. The largest absolute Gasteiger partial charge is 0.477 e. The maximum atomic E-state index is 13.4. The zero-order chi connectivity index (χ0) is 24.0. The Labute approximate surface area is 192 Å². The van der Waals surface area contributed by atoms with E-state index in [9.17, 15) is 22.8 Å². The number of amides is 1. The van der Waals surface area contributed by atoms with E-state index >= 15 is 0 Å². The summed E-state index contributed by atoms with van der Waals surface area (Å²) < 4.78 is 51.0. The minimum absolute atomic E-state index is 0.00859. The lowest BCUT2D eigenvalue weighted by molar-refractivity contribution is -0.137. The quantitative estimate of drug-likeness (QED) is 0.441. The van der Waals surface area contributed by atoms with Gasteiger partial charge in [-0.2, -0.15) is 13.2 Å². The van der Waals surface area contributed by atoms with Crippen LogP contribution in [-0.2, 0) is 15.7 Å². The minimum Gasteiger partial charge on any atom is -0.477 e. The van der Waals surface area contributed by atoms with Crippen LogP contribution < -0.4 is 10.1 Å². The number of rotatable bonds is 7. The van der Waals surface area contributed by atoms with Gasteiger partial charge in [-0.1, -0.05) is 41.9 Å². The average Bonchev–Trinajstić information content (AvgIpc) is 2.79. The van der Waals surface area contributed by atoms with Crippen molar-refractivity contribution < 1.29 is 32.2 Å². The molecule has 1 heterocycles. The van der Waals surface area contributed by atoms with Gasteiger partial charge in [0.05, 0.1) is 17.9 Å². The zero-order valence-electron chi connectivity index (χ0n) is 17.2. The van der Waals surface area contributed by atoms with Gasteiger partial charge in [0.1, 0.15) is 5.56 Å². The number of hydrogen-bond acceptors (Lipinski definition) is 5. The van der Waals surface area contributed by atoms with Crippen LogP contribution in [0.15, 0.2) is 66.9 Å². The molecule has 0 spiro atoms. The Kier molecular flexibility index (Phi) is 7.55. The topological polar surface area (TPSA) is 77.5 Å². The number of halogens is 4. The predicted octanol–water partition coefficient (Wildman–Crippen LogP) is 5.69. The van der Waals surface area contributed by atoms with E-state index < -0.39 is 35.4 Å². The minimum atomic E-state index is -4.77. The predicted molar refractivity (Wildman–Crippen MR) is 115 cm³/mol. The molecular weight excluding hydrogens is 461 g/mol. The molecule has 0 bridgehead atoms. The van der Waals surface area contributed by atoms with Crippen molar-refractivity contribution in [3.63, 3.8) is 0 Å². The summed E-state index contributed by atoms with van der Waals surface area (Å²) >= 11 is 5.70. The van der Waals surface area contributed by atoms with Crippen molar-refractivity contribution in [2.75, 3.05) is 11.9 Å². The van der Waals surface area contributed by atoms with Crippen molar-refractivity contribution in [2.45, 2.75) is 19.2 Å². The summed E-state index contributed by atoms with van der Waals surface area (Å²) in [5, 5.41) is 2.05. The highest BCUT2D eigenvalue weighted by molar-refractivity contribution is 6.30. The molecule has 1 atom stereocenters. The fourth-order valence-corrected chi connectivity index (χ4v) is 3.10. The molecule has 33 heavy (non-hydrogen) atoms.